The molecular weight excluding hydrogens is 191 g/mol. The van der Waals surface area contributed by atoms with E-state index in [0.717, 1.165) is 18.7 Å². The summed E-state index contributed by atoms with van der Waals surface area (Å²) < 4.78 is 12.7. The van der Waals surface area contributed by atoms with Gasteiger partial charge in [-0.25, -0.2) is 4.39 Å². The molecule has 84 valence electrons. The number of rotatable bonds is 5. The van der Waals surface area contributed by atoms with E-state index in [9.17, 15) is 4.39 Å². The zero-order chi connectivity index (χ0) is 11.3. The number of hydrogen-bond acceptors (Lipinski definition) is 2. The Labute approximate surface area is 90.9 Å². The molecule has 0 amide bonds. The minimum Gasteiger partial charge on any atom is -0.309 e. The standard InChI is InChI=1S/C12H19FN2/c1-4-9(3)12(14-5-2)11-7-6-10(13)8-15-11/h6-9,12,14H,4-5H2,1-3H3. The van der Waals surface area contributed by atoms with E-state index in [1.165, 1.54) is 12.3 Å². The second-order valence-electron chi connectivity index (χ2n) is 3.82. The van der Waals surface area contributed by atoms with Gasteiger partial charge in [0.15, 0.2) is 0 Å². The smallest absolute Gasteiger partial charge is 0.141 e. The summed E-state index contributed by atoms with van der Waals surface area (Å²) in [5, 5.41) is 3.38. The van der Waals surface area contributed by atoms with E-state index in [1.807, 2.05) is 0 Å². The van der Waals surface area contributed by atoms with E-state index in [1.54, 1.807) is 6.07 Å². The van der Waals surface area contributed by atoms with Gasteiger partial charge >= 0.3 is 0 Å². The van der Waals surface area contributed by atoms with Crippen LogP contribution in [-0.2, 0) is 0 Å². The molecule has 15 heavy (non-hydrogen) atoms. The van der Waals surface area contributed by atoms with Crippen molar-refractivity contribution in [3.63, 3.8) is 0 Å². The lowest BCUT2D eigenvalue weighted by Crippen LogP contribution is -2.27. The Kier molecular flexibility index (Phi) is 4.69. The molecule has 0 aromatic carbocycles. The summed E-state index contributed by atoms with van der Waals surface area (Å²) in [7, 11) is 0. The third-order valence-electron chi connectivity index (χ3n) is 2.71. The van der Waals surface area contributed by atoms with Gasteiger partial charge in [-0.1, -0.05) is 27.2 Å². The molecule has 0 saturated carbocycles. The first-order chi connectivity index (χ1) is 7.19. The highest BCUT2D eigenvalue weighted by Crippen LogP contribution is 2.22. The van der Waals surface area contributed by atoms with Crippen molar-refractivity contribution in [2.45, 2.75) is 33.2 Å². The minimum atomic E-state index is -0.279. The number of aromatic nitrogens is 1. The Balaban J connectivity index is 2.83. The topological polar surface area (TPSA) is 24.9 Å². The number of hydrogen-bond donors (Lipinski definition) is 1. The van der Waals surface area contributed by atoms with Crippen LogP contribution in [0.3, 0.4) is 0 Å². The van der Waals surface area contributed by atoms with Crippen molar-refractivity contribution in [3.05, 3.63) is 29.8 Å². The molecule has 0 aliphatic heterocycles. The molecule has 2 unspecified atom stereocenters. The molecule has 1 aromatic heterocycles. The summed E-state index contributed by atoms with van der Waals surface area (Å²) in [6.07, 6.45) is 2.36. The van der Waals surface area contributed by atoms with Crippen LogP contribution in [0.25, 0.3) is 0 Å². The molecule has 1 rings (SSSR count). The zero-order valence-corrected chi connectivity index (χ0v) is 9.63. The quantitative estimate of drug-likeness (QED) is 0.808. The number of nitrogens with one attached hydrogen (secondary N) is 1. The SMILES string of the molecule is CCNC(c1ccc(F)cn1)C(C)CC. The van der Waals surface area contributed by atoms with Crippen molar-refractivity contribution in [1.82, 2.24) is 10.3 Å². The number of halogens is 1. The zero-order valence-electron chi connectivity index (χ0n) is 9.63. The lowest BCUT2D eigenvalue weighted by atomic mass is 9.96. The second kappa shape index (κ2) is 5.81. The van der Waals surface area contributed by atoms with E-state index < -0.39 is 0 Å². The highest BCUT2D eigenvalue weighted by molar-refractivity contribution is 5.10. The van der Waals surface area contributed by atoms with E-state index in [2.05, 4.69) is 31.1 Å². The normalized spacial score (nSPS) is 14.9. The summed E-state index contributed by atoms with van der Waals surface area (Å²) >= 11 is 0. The highest BCUT2D eigenvalue weighted by atomic mass is 19.1. The van der Waals surface area contributed by atoms with E-state index >= 15 is 0 Å². The van der Waals surface area contributed by atoms with Crippen LogP contribution < -0.4 is 5.32 Å². The summed E-state index contributed by atoms with van der Waals surface area (Å²) in [4.78, 5) is 4.13. The van der Waals surface area contributed by atoms with Crippen LogP contribution in [0.2, 0.25) is 0 Å². The molecule has 0 saturated heterocycles. The van der Waals surface area contributed by atoms with Crippen LogP contribution in [-0.4, -0.2) is 11.5 Å². The Bertz CT molecular complexity index is 284. The largest absolute Gasteiger partial charge is 0.309 e. The molecule has 1 aromatic rings. The highest BCUT2D eigenvalue weighted by Gasteiger charge is 2.17. The Hall–Kier alpha value is -0.960. The molecule has 1 N–H and O–H groups in total. The predicted octanol–water partition coefficient (Wildman–Crippen LogP) is 2.92. The average Bonchev–Trinajstić information content (AvgIpc) is 2.26. The fraction of sp³-hybridized carbons (Fsp3) is 0.583. The maximum atomic E-state index is 12.7. The monoisotopic (exact) mass is 210 g/mol. The number of nitrogens with zero attached hydrogens (tertiary/aromatic N) is 1. The third kappa shape index (κ3) is 3.27. The molecule has 1 heterocycles. The Morgan fingerprint density at radius 2 is 2.13 bits per heavy atom. The van der Waals surface area contributed by atoms with Crippen molar-refractivity contribution in [2.75, 3.05) is 6.54 Å². The minimum absolute atomic E-state index is 0.223. The van der Waals surface area contributed by atoms with Gasteiger partial charge in [0.25, 0.3) is 0 Å². The van der Waals surface area contributed by atoms with Gasteiger partial charge in [-0.2, -0.15) is 0 Å². The van der Waals surface area contributed by atoms with Crippen molar-refractivity contribution in [3.8, 4) is 0 Å². The van der Waals surface area contributed by atoms with Crippen LogP contribution in [0, 0.1) is 11.7 Å². The molecular formula is C12H19FN2. The van der Waals surface area contributed by atoms with Crippen LogP contribution >= 0.6 is 0 Å². The van der Waals surface area contributed by atoms with E-state index in [4.69, 9.17) is 0 Å². The van der Waals surface area contributed by atoms with Crippen molar-refractivity contribution < 1.29 is 4.39 Å². The molecule has 0 radical (unpaired) electrons. The molecule has 0 fully saturated rings. The lowest BCUT2D eigenvalue weighted by molar-refractivity contribution is 0.376. The summed E-state index contributed by atoms with van der Waals surface area (Å²) in [6.45, 7) is 7.30. The first kappa shape index (κ1) is 12.1. The van der Waals surface area contributed by atoms with Gasteiger partial charge in [0.2, 0.25) is 0 Å². The van der Waals surface area contributed by atoms with Gasteiger partial charge < -0.3 is 5.32 Å². The third-order valence-corrected chi connectivity index (χ3v) is 2.71. The molecule has 0 spiro atoms. The molecule has 0 aliphatic rings. The van der Waals surface area contributed by atoms with Gasteiger partial charge in [0.05, 0.1) is 17.9 Å². The Morgan fingerprint density at radius 3 is 2.60 bits per heavy atom. The van der Waals surface area contributed by atoms with Crippen LogP contribution in [0.5, 0.6) is 0 Å². The molecule has 3 heteroatoms. The van der Waals surface area contributed by atoms with E-state index in [-0.39, 0.29) is 11.9 Å². The molecule has 0 aliphatic carbocycles. The first-order valence-corrected chi connectivity index (χ1v) is 5.53. The van der Waals surface area contributed by atoms with Gasteiger partial charge in [0.1, 0.15) is 5.82 Å². The summed E-state index contributed by atoms with van der Waals surface area (Å²) in [5.41, 5.74) is 0.924. The van der Waals surface area contributed by atoms with Crippen molar-refractivity contribution >= 4 is 0 Å². The van der Waals surface area contributed by atoms with Crippen LogP contribution in [0.1, 0.15) is 38.9 Å². The maximum Gasteiger partial charge on any atom is 0.141 e. The van der Waals surface area contributed by atoms with E-state index in [0.29, 0.717) is 5.92 Å². The van der Waals surface area contributed by atoms with Crippen molar-refractivity contribution in [2.24, 2.45) is 5.92 Å². The Morgan fingerprint density at radius 1 is 1.40 bits per heavy atom. The molecule has 2 atom stereocenters. The molecule has 0 bridgehead atoms. The second-order valence-corrected chi connectivity index (χ2v) is 3.82. The maximum absolute atomic E-state index is 12.7. The average molecular weight is 210 g/mol. The van der Waals surface area contributed by atoms with Crippen molar-refractivity contribution in [1.29, 1.82) is 0 Å². The summed E-state index contributed by atoms with van der Waals surface area (Å²) in [5.74, 6) is 0.223. The molecule has 2 nitrogen and oxygen atoms in total. The lowest BCUT2D eigenvalue weighted by Gasteiger charge is -2.23. The fourth-order valence-electron chi connectivity index (χ4n) is 1.62. The van der Waals surface area contributed by atoms with Gasteiger partial charge in [-0.05, 0) is 24.6 Å². The predicted molar refractivity (Wildman–Crippen MR) is 60.1 cm³/mol. The fourth-order valence-corrected chi connectivity index (χ4v) is 1.62. The first-order valence-electron chi connectivity index (χ1n) is 5.53. The van der Waals surface area contributed by atoms with Gasteiger partial charge in [0, 0.05) is 0 Å². The van der Waals surface area contributed by atoms with Gasteiger partial charge in [-0.3, -0.25) is 4.98 Å². The van der Waals surface area contributed by atoms with Gasteiger partial charge in [-0.15, -0.1) is 0 Å². The number of pyridine rings is 1. The summed E-state index contributed by atoms with van der Waals surface area (Å²) in [6, 6.07) is 3.45. The van der Waals surface area contributed by atoms with Crippen LogP contribution in [0.15, 0.2) is 18.3 Å². The van der Waals surface area contributed by atoms with Crippen LogP contribution in [0.4, 0.5) is 4.39 Å².